The maximum absolute atomic E-state index is 12.7. The fourth-order valence-electron chi connectivity index (χ4n) is 4.20. The van der Waals surface area contributed by atoms with Crippen LogP contribution in [0.3, 0.4) is 0 Å². The van der Waals surface area contributed by atoms with Crippen LogP contribution in [0.2, 0.25) is 0 Å². The number of rotatable bonds is 11. The van der Waals surface area contributed by atoms with Crippen molar-refractivity contribution in [3.8, 4) is 0 Å². The van der Waals surface area contributed by atoms with Crippen molar-refractivity contribution in [1.82, 2.24) is 0 Å². The van der Waals surface area contributed by atoms with E-state index in [9.17, 15) is 4.79 Å². The predicted octanol–water partition coefficient (Wildman–Crippen LogP) is 7.19. The van der Waals surface area contributed by atoms with Gasteiger partial charge in [0.1, 0.15) is 0 Å². The Balaban J connectivity index is 1.88. The highest BCUT2D eigenvalue weighted by Gasteiger charge is 2.34. The van der Waals surface area contributed by atoms with Crippen molar-refractivity contribution in [2.75, 3.05) is 0 Å². The molecule has 1 aliphatic rings. The summed E-state index contributed by atoms with van der Waals surface area (Å²) in [4.78, 5) is 12.7. The van der Waals surface area contributed by atoms with Gasteiger partial charge < -0.3 is 4.74 Å². The molecule has 1 heterocycles. The third kappa shape index (κ3) is 5.04. The highest BCUT2D eigenvalue weighted by atomic mass is 16.5. The van der Waals surface area contributed by atoms with E-state index >= 15 is 0 Å². The monoisotopic (exact) mass is 378 g/mol. The molecule has 0 radical (unpaired) electrons. The number of ether oxygens (including phenoxy) is 1. The molecule has 0 saturated heterocycles. The maximum Gasteiger partial charge on any atom is 0.339 e. The van der Waals surface area contributed by atoms with Gasteiger partial charge in [-0.15, -0.1) is 0 Å². The molecular formula is C26H34O2. The van der Waals surface area contributed by atoms with E-state index in [2.05, 4.69) is 38.1 Å². The van der Waals surface area contributed by atoms with Gasteiger partial charge in [0.15, 0.2) is 6.10 Å². The predicted molar refractivity (Wildman–Crippen MR) is 116 cm³/mol. The van der Waals surface area contributed by atoms with Gasteiger partial charge in [-0.3, -0.25) is 0 Å². The summed E-state index contributed by atoms with van der Waals surface area (Å²) in [5.41, 5.74) is 5.54. The Morgan fingerprint density at radius 1 is 0.821 bits per heavy atom. The average molecular weight is 379 g/mol. The molecule has 3 rings (SSSR count). The Morgan fingerprint density at radius 3 is 2.18 bits per heavy atom. The lowest BCUT2D eigenvalue weighted by atomic mass is 9.90. The number of unbranched alkanes of at least 4 members (excludes halogenated alkanes) is 6. The molecule has 0 spiro atoms. The van der Waals surface area contributed by atoms with E-state index in [0.717, 1.165) is 36.0 Å². The lowest BCUT2D eigenvalue weighted by Gasteiger charge is -2.14. The van der Waals surface area contributed by atoms with Crippen LogP contribution in [0.1, 0.15) is 104 Å². The third-order valence-electron chi connectivity index (χ3n) is 5.74. The van der Waals surface area contributed by atoms with Gasteiger partial charge in [0.25, 0.3) is 0 Å². The standard InChI is InChI=1S/C26H34O2/c1-3-5-7-10-14-20-18-22(17-11-8-6-4-2)24-23(19-20)25(28-26(24)27)21-15-12-9-13-16-21/h9,12-13,15-16,18-19,25H,3-8,10-11,14,17H2,1-2H3. The first-order chi connectivity index (χ1) is 13.7. The van der Waals surface area contributed by atoms with Crippen LogP contribution in [0.15, 0.2) is 42.5 Å². The molecule has 0 aromatic heterocycles. The molecule has 0 bridgehead atoms. The lowest BCUT2D eigenvalue weighted by molar-refractivity contribution is 0.0455. The highest BCUT2D eigenvalue weighted by Crippen LogP contribution is 2.39. The Kier molecular flexibility index (Phi) is 7.71. The normalized spacial score (nSPS) is 15.5. The van der Waals surface area contributed by atoms with Crippen LogP contribution in [0.25, 0.3) is 0 Å². The van der Waals surface area contributed by atoms with E-state index in [0.29, 0.717) is 0 Å². The second-order valence-electron chi connectivity index (χ2n) is 8.04. The van der Waals surface area contributed by atoms with Crippen molar-refractivity contribution in [3.63, 3.8) is 0 Å². The van der Waals surface area contributed by atoms with E-state index in [1.165, 1.54) is 56.1 Å². The molecule has 1 atom stereocenters. The largest absolute Gasteiger partial charge is 0.449 e. The minimum atomic E-state index is -0.256. The van der Waals surface area contributed by atoms with Crippen molar-refractivity contribution in [2.45, 2.75) is 84.2 Å². The zero-order chi connectivity index (χ0) is 19.8. The molecule has 0 fully saturated rings. The number of esters is 1. The summed E-state index contributed by atoms with van der Waals surface area (Å²) < 4.78 is 5.85. The van der Waals surface area contributed by atoms with Crippen LogP contribution in [-0.2, 0) is 17.6 Å². The minimum Gasteiger partial charge on any atom is -0.449 e. The zero-order valence-electron chi connectivity index (χ0n) is 17.5. The van der Waals surface area contributed by atoms with Crippen molar-refractivity contribution >= 4 is 5.97 Å². The summed E-state index contributed by atoms with van der Waals surface area (Å²) in [7, 11) is 0. The molecular weight excluding hydrogens is 344 g/mol. The van der Waals surface area contributed by atoms with Crippen LogP contribution in [-0.4, -0.2) is 5.97 Å². The quantitative estimate of drug-likeness (QED) is 0.305. The van der Waals surface area contributed by atoms with Crippen LogP contribution in [0, 0.1) is 0 Å². The molecule has 0 N–H and O–H groups in total. The molecule has 2 heteroatoms. The smallest absolute Gasteiger partial charge is 0.339 e. The van der Waals surface area contributed by atoms with Crippen LogP contribution in [0.5, 0.6) is 0 Å². The van der Waals surface area contributed by atoms with Gasteiger partial charge in [-0.1, -0.05) is 94.8 Å². The lowest BCUT2D eigenvalue weighted by Crippen LogP contribution is -2.03. The molecule has 0 amide bonds. The summed E-state index contributed by atoms with van der Waals surface area (Å²) >= 11 is 0. The first kappa shape index (κ1) is 20.6. The van der Waals surface area contributed by atoms with Gasteiger partial charge in [0.2, 0.25) is 0 Å². The zero-order valence-corrected chi connectivity index (χ0v) is 17.5. The van der Waals surface area contributed by atoms with Crippen molar-refractivity contribution in [2.24, 2.45) is 0 Å². The molecule has 2 aromatic rings. The van der Waals surface area contributed by atoms with E-state index in [-0.39, 0.29) is 12.1 Å². The topological polar surface area (TPSA) is 26.3 Å². The van der Waals surface area contributed by atoms with Crippen LogP contribution < -0.4 is 0 Å². The van der Waals surface area contributed by atoms with Crippen molar-refractivity contribution in [3.05, 3.63) is 70.3 Å². The van der Waals surface area contributed by atoms with Gasteiger partial charge in [0, 0.05) is 5.56 Å². The molecule has 1 unspecified atom stereocenters. The summed E-state index contributed by atoms with van der Waals surface area (Å²) in [5, 5.41) is 0. The fraction of sp³-hybridized carbons (Fsp3) is 0.500. The first-order valence-electron chi connectivity index (χ1n) is 11.2. The minimum absolute atomic E-state index is 0.146. The molecule has 2 nitrogen and oxygen atoms in total. The fourth-order valence-corrected chi connectivity index (χ4v) is 4.20. The second kappa shape index (κ2) is 10.5. The van der Waals surface area contributed by atoms with Gasteiger partial charge in [-0.25, -0.2) is 4.79 Å². The van der Waals surface area contributed by atoms with E-state index < -0.39 is 0 Å². The molecule has 28 heavy (non-hydrogen) atoms. The molecule has 1 aliphatic heterocycles. The Hall–Kier alpha value is -2.09. The third-order valence-corrected chi connectivity index (χ3v) is 5.74. The molecule has 0 saturated carbocycles. The average Bonchev–Trinajstić information content (AvgIpc) is 3.06. The Bertz CT molecular complexity index is 764. The van der Waals surface area contributed by atoms with E-state index in [4.69, 9.17) is 4.74 Å². The summed E-state index contributed by atoms with van der Waals surface area (Å²) in [6, 6.07) is 14.7. The molecule has 0 aliphatic carbocycles. The van der Waals surface area contributed by atoms with Crippen LogP contribution in [0.4, 0.5) is 0 Å². The number of cyclic esters (lactones) is 1. The Labute approximate surface area is 170 Å². The Morgan fingerprint density at radius 2 is 1.50 bits per heavy atom. The summed E-state index contributed by atoms with van der Waals surface area (Å²) in [5.74, 6) is -0.146. The number of aryl methyl sites for hydroxylation is 2. The van der Waals surface area contributed by atoms with Gasteiger partial charge >= 0.3 is 5.97 Å². The number of carbonyl (C=O) groups excluding carboxylic acids is 1. The highest BCUT2D eigenvalue weighted by molar-refractivity contribution is 5.96. The van der Waals surface area contributed by atoms with Crippen molar-refractivity contribution in [1.29, 1.82) is 0 Å². The molecule has 2 aromatic carbocycles. The number of hydrogen-bond donors (Lipinski definition) is 0. The maximum atomic E-state index is 12.7. The van der Waals surface area contributed by atoms with Crippen LogP contribution >= 0.6 is 0 Å². The molecule has 150 valence electrons. The first-order valence-corrected chi connectivity index (χ1v) is 11.2. The van der Waals surface area contributed by atoms with E-state index in [1.807, 2.05) is 18.2 Å². The number of carbonyl (C=O) groups is 1. The number of benzene rings is 2. The summed E-state index contributed by atoms with van der Waals surface area (Å²) in [6.45, 7) is 4.48. The van der Waals surface area contributed by atoms with Gasteiger partial charge in [-0.2, -0.15) is 0 Å². The van der Waals surface area contributed by atoms with E-state index in [1.54, 1.807) is 0 Å². The number of fused-ring (bicyclic) bond motifs is 1. The summed E-state index contributed by atoms with van der Waals surface area (Å²) in [6.07, 6.45) is 11.7. The second-order valence-corrected chi connectivity index (χ2v) is 8.04. The van der Waals surface area contributed by atoms with Crippen molar-refractivity contribution < 1.29 is 9.53 Å². The van der Waals surface area contributed by atoms with Gasteiger partial charge in [0.05, 0.1) is 5.56 Å². The SMILES string of the molecule is CCCCCCc1cc(CCCCCC)c2c(c1)C(c1ccccc1)OC2=O. The number of hydrogen-bond acceptors (Lipinski definition) is 2. The van der Waals surface area contributed by atoms with Gasteiger partial charge in [-0.05, 0) is 42.4 Å².